The molecule has 3 rings (SSSR count). The number of nitrogens with two attached hydrogens (primary N) is 1. The van der Waals surface area contributed by atoms with Gasteiger partial charge in [-0.05, 0) is 24.3 Å². The van der Waals surface area contributed by atoms with Gasteiger partial charge in [-0.15, -0.1) is 0 Å². The van der Waals surface area contributed by atoms with Gasteiger partial charge in [-0.3, -0.25) is 9.69 Å². The molecule has 2 atom stereocenters. The minimum absolute atomic E-state index is 0.273. The monoisotopic (exact) mass is 244 g/mol. The molecule has 1 aliphatic carbocycles. The largest absolute Gasteiger partial charge is 0.318 e. The van der Waals surface area contributed by atoms with Crippen molar-refractivity contribution in [2.75, 3.05) is 13.1 Å². The van der Waals surface area contributed by atoms with E-state index in [4.69, 9.17) is 5.73 Å². The van der Waals surface area contributed by atoms with Crippen molar-refractivity contribution in [1.29, 1.82) is 0 Å². The summed E-state index contributed by atoms with van der Waals surface area (Å²) in [5, 5.41) is 0. The van der Waals surface area contributed by atoms with E-state index in [2.05, 4.69) is 29.2 Å². The Morgan fingerprint density at radius 2 is 2.11 bits per heavy atom. The van der Waals surface area contributed by atoms with Gasteiger partial charge in [-0.2, -0.15) is 0 Å². The predicted octanol–water partition coefficient (Wildman–Crippen LogP) is 1.57. The van der Waals surface area contributed by atoms with Gasteiger partial charge in [0.25, 0.3) is 0 Å². The number of fused-ring (bicyclic) bond motifs is 1. The van der Waals surface area contributed by atoms with E-state index in [0.717, 1.165) is 32.5 Å². The number of carbonyl (C=O) groups is 1. The van der Waals surface area contributed by atoms with Crippen molar-refractivity contribution in [3.05, 3.63) is 35.9 Å². The van der Waals surface area contributed by atoms with Gasteiger partial charge in [0.2, 0.25) is 0 Å². The molecule has 0 bridgehead atoms. The lowest BCUT2D eigenvalue weighted by Gasteiger charge is -2.33. The molecule has 1 saturated heterocycles. The Hall–Kier alpha value is -1.19. The second kappa shape index (κ2) is 4.48. The highest BCUT2D eigenvalue weighted by Crippen LogP contribution is 2.36. The Labute approximate surface area is 108 Å². The minimum Gasteiger partial charge on any atom is -0.318 e. The first kappa shape index (κ1) is 11.9. The fourth-order valence-corrected chi connectivity index (χ4v) is 3.41. The maximum Gasteiger partial charge on any atom is 0.154 e. The standard InChI is InChI=1S/C15H20N2O/c16-15-11-17(9-12-5-2-1-3-6-12)10-13(15)7-4-8-14(15)18/h1-3,5-6,13H,4,7-11,16H2. The third-order valence-electron chi connectivity index (χ3n) is 4.42. The average Bonchev–Trinajstić information content (AvgIpc) is 2.69. The smallest absolute Gasteiger partial charge is 0.154 e. The molecule has 3 heteroatoms. The molecule has 96 valence electrons. The van der Waals surface area contributed by atoms with E-state index in [1.165, 1.54) is 5.56 Å². The molecule has 2 unspecified atom stereocenters. The summed E-state index contributed by atoms with van der Waals surface area (Å²) in [6, 6.07) is 10.4. The maximum absolute atomic E-state index is 12.0. The number of hydrogen-bond donors (Lipinski definition) is 1. The Balaban J connectivity index is 1.73. The van der Waals surface area contributed by atoms with Crippen molar-refractivity contribution < 1.29 is 4.79 Å². The highest BCUT2D eigenvalue weighted by atomic mass is 16.1. The van der Waals surface area contributed by atoms with Gasteiger partial charge in [0, 0.05) is 26.1 Å². The molecule has 1 aromatic rings. The highest BCUT2D eigenvalue weighted by Gasteiger charge is 2.49. The normalized spacial score (nSPS) is 32.5. The average molecular weight is 244 g/mol. The van der Waals surface area contributed by atoms with E-state index < -0.39 is 5.54 Å². The van der Waals surface area contributed by atoms with Crippen LogP contribution in [0.1, 0.15) is 24.8 Å². The van der Waals surface area contributed by atoms with Crippen LogP contribution >= 0.6 is 0 Å². The van der Waals surface area contributed by atoms with Gasteiger partial charge >= 0.3 is 0 Å². The number of hydrogen-bond acceptors (Lipinski definition) is 3. The molecule has 2 fully saturated rings. The van der Waals surface area contributed by atoms with E-state index in [0.29, 0.717) is 12.3 Å². The topological polar surface area (TPSA) is 46.3 Å². The van der Waals surface area contributed by atoms with Gasteiger partial charge in [0.15, 0.2) is 5.78 Å². The molecule has 0 amide bonds. The zero-order chi connectivity index (χ0) is 12.6. The third-order valence-corrected chi connectivity index (χ3v) is 4.42. The van der Waals surface area contributed by atoms with E-state index in [9.17, 15) is 4.79 Å². The fraction of sp³-hybridized carbons (Fsp3) is 0.533. The van der Waals surface area contributed by atoms with Crippen LogP contribution in [0.4, 0.5) is 0 Å². The highest BCUT2D eigenvalue weighted by molar-refractivity contribution is 5.90. The summed E-state index contributed by atoms with van der Waals surface area (Å²) in [5.74, 6) is 0.636. The van der Waals surface area contributed by atoms with Crippen LogP contribution in [0.15, 0.2) is 30.3 Å². The van der Waals surface area contributed by atoms with Gasteiger partial charge < -0.3 is 5.73 Å². The molecule has 2 aliphatic rings. The third kappa shape index (κ3) is 1.98. The van der Waals surface area contributed by atoms with Crippen LogP contribution in [0.5, 0.6) is 0 Å². The Kier molecular flexibility index (Phi) is 2.96. The Bertz CT molecular complexity index is 445. The molecular formula is C15H20N2O. The summed E-state index contributed by atoms with van der Waals surface area (Å²) in [5.41, 5.74) is 7.10. The first-order valence-electron chi connectivity index (χ1n) is 6.77. The number of likely N-dealkylation sites (tertiary alicyclic amines) is 1. The van der Waals surface area contributed by atoms with Crippen LogP contribution in [-0.4, -0.2) is 29.3 Å². The summed E-state index contributed by atoms with van der Waals surface area (Å²) in [6.07, 6.45) is 2.79. The lowest BCUT2D eigenvalue weighted by molar-refractivity contribution is -0.127. The summed E-state index contributed by atoms with van der Waals surface area (Å²) < 4.78 is 0. The first-order valence-corrected chi connectivity index (χ1v) is 6.77. The van der Waals surface area contributed by atoms with E-state index >= 15 is 0 Å². The summed E-state index contributed by atoms with van der Waals surface area (Å²) in [7, 11) is 0. The number of carbonyl (C=O) groups excluding carboxylic acids is 1. The maximum atomic E-state index is 12.0. The fourth-order valence-electron chi connectivity index (χ4n) is 3.41. The number of ketones is 1. The molecule has 3 nitrogen and oxygen atoms in total. The van der Waals surface area contributed by atoms with Crippen molar-refractivity contribution in [3.63, 3.8) is 0 Å². The number of rotatable bonds is 2. The van der Waals surface area contributed by atoms with E-state index in [1.807, 2.05) is 6.07 Å². The second-order valence-electron chi connectivity index (χ2n) is 5.71. The molecule has 0 spiro atoms. The molecule has 1 aliphatic heterocycles. The molecule has 18 heavy (non-hydrogen) atoms. The summed E-state index contributed by atoms with van der Waals surface area (Å²) in [6.45, 7) is 2.60. The molecule has 1 aromatic carbocycles. The van der Waals surface area contributed by atoms with Crippen molar-refractivity contribution in [3.8, 4) is 0 Å². The van der Waals surface area contributed by atoms with E-state index in [-0.39, 0.29) is 5.78 Å². The lowest BCUT2D eigenvalue weighted by Crippen LogP contribution is -2.56. The number of Topliss-reactive ketones (excluding diaryl/α,β-unsaturated/α-hetero) is 1. The van der Waals surface area contributed by atoms with Crippen LogP contribution in [0, 0.1) is 5.92 Å². The molecule has 2 N–H and O–H groups in total. The van der Waals surface area contributed by atoms with Crippen molar-refractivity contribution in [1.82, 2.24) is 4.90 Å². The first-order chi connectivity index (χ1) is 8.68. The van der Waals surface area contributed by atoms with Gasteiger partial charge in [-0.1, -0.05) is 30.3 Å². The molecule has 0 radical (unpaired) electrons. The number of nitrogens with zero attached hydrogens (tertiary/aromatic N) is 1. The minimum atomic E-state index is -0.562. The molecule has 1 heterocycles. The van der Waals surface area contributed by atoms with E-state index in [1.54, 1.807) is 0 Å². The second-order valence-corrected chi connectivity index (χ2v) is 5.71. The van der Waals surface area contributed by atoms with Crippen molar-refractivity contribution in [2.24, 2.45) is 11.7 Å². The van der Waals surface area contributed by atoms with Crippen LogP contribution in [-0.2, 0) is 11.3 Å². The van der Waals surface area contributed by atoms with Gasteiger partial charge in [0.05, 0.1) is 5.54 Å². The van der Waals surface area contributed by atoms with Crippen LogP contribution in [0.25, 0.3) is 0 Å². The van der Waals surface area contributed by atoms with Crippen molar-refractivity contribution >= 4 is 5.78 Å². The zero-order valence-corrected chi connectivity index (χ0v) is 10.6. The molecule has 0 aromatic heterocycles. The van der Waals surface area contributed by atoms with Crippen LogP contribution in [0.2, 0.25) is 0 Å². The van der Waals surface area contributed by atoms with Gasteiger partial charge in [-0.25, -0.2) is 0 Å². The van der Waals surface area contributed by atoms with Crippen molar-refractivity contribution in [2.45, 2.75) is 31.3 Å². The molecule has 1 saturated carbocycles. The molecular weight excluding hydrogens is 224 g/mol. The van der Waals surface area contributed by atoms with Crippen LogP contribution < -0.4 is 5.73 Å². The zero-order valence-electron chi connectivity index (χ0n) is 10.6. The Morgan fingerprint density at radius 3 is 2.83 bits per heavy atom. The SMILES string of the molecule is NC12CN(Cc3ccccc3)CC1CCCC2=O. The van der Waals surface area contributed by atoms with Crippen LogP contribution in [0.3, 0.4) is 0 Å². The summed E-state index contributed by atoms with van der Waals surface area (Å²) >= 11 is 0. The van der Waals surface area contributed by atoms with Gasteiger partial charge in [0.1, 0.15) is 0 Å². The lowest BCUT2D eigenvalue weighted by atomic mass is 9.75. The quantitative estimate of drug-likeness (QED) is 0.859. The number of benzene rings is 1. The Morgan fingerprint density at radius 1 is 1.33 bits per heavy atom. The predicted molar refractivity (Wildman–Crippen MR) is 71.0 cm³/mol. The summed E-state index contributed by atoms with van der Waals surface area (Å²) in [4.78, 5) is 14.4.